The van der Waals surface area contributed by atoms with Crippen LogP contribution in [0.4, 0.5) is 0 Å². The van der Waals surface area contributed by atoms with E-state index in [-0.39, 0.29) is 0 Å². The maximum absolute atomic E-state index is 5.86. The van der Waals surface area contributed by atoms with Crippen LogP contribution in [0, 0.1) is 5.92 Å². The summed E-state index contributed by atoms with van der Waals surface area (Å²) in [6.45, 7) is 3.58. The number of imidazole rings is 1. The third-order valence-corrected chi connectivity index (χ3v) is 3.22. The number of fused-ring (bicyclic) bond motifs is 1. The van der Waals surface area contributed by atoms with Crippen LogP contribution in [0.2, 0.25) is 0 Å². The van der Waals surface area contributed by atoms with Crippen molar-refractivity contribution in [3.8, 4) is 5.88 Å². The summed E-state index contributed by atoms with van der Waals surface area (Å²) in [5.74, 6) is 2.26. The fourth-order valence-electron chi connectivity index (χ4n) is 2.23. The molecule has 0 amide bonds. The monoisotopic (exact) mass is 298 g/mol. The van der Waals surface area contributed by atoms with Gasteiger partial charge in [0.05, 0.1) is 13.7 Å². The molecule has 0 bridgehead atoms. The molecule has 1 unspecified atom stereocenters. The molecule has 0 aliphatic heterocycles. The van der Waals surface area contributed by atoms with Gasteiger partial charge in [-0.2, -0.15) is 4.98 Å². The summed E-state index contributed by atoms with van der Waals surface area (Å²) in [6.07, 6.45) is 2.17. The molecule has 0 fully saturated rings. The van der Waals surface area contributed by atoms with Gasteiger partial charge in [0, 0.05) is 26.0 Å². The Morgan fingerprint density at radius 1 is 1.35 bits per heavy atom. The molecule has 0 saturated carbocycles. The van der Waals surface area contributed by atoms with Crippen molar-refractivity contribution in [2.24, 2.45) is 5.92 Å². The van der Waals surface area contributed by atoms with Crippen molar-refractivity contribution >= 4 is 22.8 Å². The average Bonchev–Trinajstić information content (AvgIpc) is 2.77. The molecule has 0 aromatic carbocycles. The van der Waals surface area contributed by atoms with Crippen LogP contribution in [0.1, 0.15) is 12.7 Å². The number of ether oxygens (including phenoxy) is 2. The van der Waals surface area contributed by atoms with Crippen molar-refractivity contribution in [1.82, 2.24) is 19.5 Å². The van der Waals surface area contributed by atoms with Gasteiger partial charge in [-0.05, 0) is 5.92 Å². The summed E-state index contributed by atoms with van der Waals surface area (Å²) in [5, 5.41) is 0. The summed E-state index contributed by atoms with van der Waals surface area (Å²) >= 11 is 5.86. The number of halogens is 1. The minimum Gasteiger partial charge on any atom is -0.479 e. The van der Waals surface area contributed by atoms with Crippen molar-refractivity contribution in [3.63, 3.8) is 0 Å². The van der Waals surface area contributed by atoms with Crippen LogP contribution < -0.4 is 4.74 Å². The Kier molecular flexibility index (Phi) is 5.14. The van der Waals surface area contributed by atoms with Gasteiger partial charge in [0.1, 0.15) is 12.2 Å². The Labute approximate surface area is 123 Å². The van der Waals surface area contributed by atoms with Gasteiger partial charge in [0.15, 0.2) is 11.2 Å². The van der Waals surface area contributed by atoms with Crippen molar-refractivity contribution in [2.45, 2.75) is 19.9 Å². The summed E-state index contributed by atoms with van der Waals surface area (Å²) in [6, 6.07) is 0. The van der Waals surface area contributed by atoms with E-state index in [0.29, 0.717) is 36.2 Å². The van der Waals surface area contributed by atoms with Crippen LogP contribution in [-0.4, -0.2) is 46.2 Å². The molecule has 110 valence electrons. The van der Waals surface area contributed by atoms with E-state index in [1.165, 1.54) is 6.33 Å². The molecule has 6 nitrogen and oxygen atoms in total. The molecule has 2 aromatic rings. The molecule has 1 atom stereocenters. The number of rotatable bonds is 7. The maximum Gasteiger partial charge on any atom is 0.245 e. The van der Waals surface area contributed by atoms with E-state index in [0.717, 1.165) is 18.0 Å². The predicted molar refractivity (Wildman–Crippen MR) is 77.3 cm³/mol. The van der Waals surface area contributed by atoms with Gasteiger partial charge in [-0.15, -0.1) is 11.6 Å². The molecule has 0 aliphatic rings. The normalized spacial score (nSPS) is 12.8. The number of alkyl halides is 1. The van der Waals surface area contributed by atoms with Crippen LogP contribution in [0.5, 0.6) is 5.88 Å². The number of nitrogens with zero attached hydrogens (tertiary/aromatic N) is 4. The quantitative estimate of drug-likeness (QED) is 0.731. The Morgan fingerprint density at radius 3 is 2.80 bits per heavy atom. The smallest absolute Gasteiger partial charge is 0.245 e. The first-order valence-electron chi connectivity index (χ1n) is 6.50. The van der Waals surface area contributed by atoms with E-state index in [2.05, 4.69) is 26.4 Å². The van der Waals surface area contributed by atoms with E-state index in [4.69, 9.17) is 21.1 Å². The molecule has 2 aromatic heterocycles. The molecule has 0 saturated heterocycles. The van der Waals surface area contributed by atoms with E-state index in [1.807, 2.05) is 0 Å². The van der Waals surface area contributed by atoms with Crippen LogP contribution in [0.15, 0.2) is 6.33 Å². The highest BCUT2D eigenvalue weighted by Crippen LogP contribution is 2.23. The van der Waals surface area contributed by atoms with Gasteiger partial charge in [0.25, 0.3) is 0 Å². The highest BCUT2D eigenvalue weighted by atomic mass is 35.5. The van der Waals surface area contributed by atoms with Crippen LogP contribution >= 0.6 is 11.6 Å². The lowest BCUT2D eigenvalue weighted by molar-refractivity contribution is 0.151. The molecule has 0 spiro atoms. The van der Waals surface area contributed by atoms with Crippen molar-refractivity contribution in [2.75, 3.05) is 26.7 Å². The zero-order valence-corrected chi connectivity index (χ0v) is 12.7. The Bertz CT molecular complexity index is 573. The number of hydrogen-bond donors (Lipinski definition) is 0. The maximum atomic E-state index is 5.86. The van der Waals surface area contributed by atoms with Crippen LogP contribution in [0.3, 0.4) is 0 Å². The SMILES string of the molecule is COCC(C)Cn1c(CCCl)nc2c(OC)ncnc21. The molecule has 2 heterocycles. The second-order valence-electron chi connectivity index (χ2n) is 4.69. The largest absolute Gasteiger partial charge is 0.479 e. The van der Waals surface area contributed by atoms with Gasteiger partial charge < -0.3 is 14.0 Å². The van der Waals surface area contributed by atoms with Gasteiger partial charge in [-0.3, -0.25) is 0 Å². The summed E-state index contributed by atoms with van der Waals surface area (Å²) < 4.78 is 12.5. The first kappa shape index (κ1) is 15.0. The molecule has 20 heavy (non-hydrogen) atoms. The number of methoxy groups -OCH3 is 2. The zero-order chi connectivity index (χ0) is 14.5. The molecular weight excluding hydrogens is 280 g/mol. The van der Waals surface area contributed by atoms with E-state index in [1.54, 1.807) is 14.2 Å². The lowest BCUT2D eigenvalue weighted by atomic mass is 10.2. The van der Waals surface area contributed by atoms with E-state index < -0.39 is 0 Å². The molecule has 2 rings (SSSR count). The lowest BCUT2D eigenvalue weighted by Gasteiger charge is -2.13. The van der Waals surface area contributed by atoms with Crippen molar-refractivity contribution in [1.29, 1.82) is 0 Å². The minimum atomic E-state index is 0.354. The summed E-state index contributed by atoms with van der Waals surface area (Å²) in [5.41, 5.74) is 1.46. The Balaban J connectivity index is 2.45. The van der Waals surface area contributed by atoms with Crippen molar-refractivity contribution in [3.05, 3.63) is 12.2 Å². The number of aryl methyl sites for hydroxylation is 1. The minimum absolute atomic E-state index is 0.354. The predicted octanol–water partition coefficient (Wildman–Crippen LogP) is 1.90. The zero-order valence-electron chi connectivity index (χ0n) is 12.0. The average molecular weight is 299 g/mol. The third kappa shape index (κ3) is 3.02. The van der Waals surface area contributed by atoms with Gasteiger partial charge in [0.2, 0.25) is 5.88 Å². The van der Waals surface area contributed by atoms with Crippen LogP contribution in [0.25, 0.3) is 11.2 Å². The Morgan fingerprint density at radius 2 is 2.15 bits per heavy atom. The first-order valence-corrected chi connectivity index (χ1v) is 7.03. The summed E-state index contributed by atoms with van der Waals surface area (Å²) in [4.78, 5) is 13.0. The topological polar surface area (TPSA) is 62.1 Å². The fourth-order valence-corrected chi connectivity index (χ4v) is 2.40. The fraction of sp³-hybridized carbons (Fsp3) is 0.615. The highest BCUT2D eigenvalue weighted by molar-refractivity contribution is 6.17. The van der Waals surface area contributed by atoms with Gasteiger partial charge >= 0.3 is 0 Å². The van der Waals surface area contributed by atoms with Gasteiger partial charge in [-0.25, -0.2) is 9.97 Å². The Hall–Kier alpha value is -1.40. The molecular formula is C13H19ClN4O2. The number of aromatic nitrogens is 4. The first-order chi connectivity index (χ1) is 9.71. The molecule has 7 heteroatoms. The third-order valence-electron chi connectivity index (χ3n) is 3.03. The molecule has 0 N–H and O–H groups in total. The molecule has 0 radical (unpaired) electrons. The standard InChI is InChI=1S/C13H19ClN4O2/c1-9(7-19-2)6-18-10(4-5-14)17-11-12(18)15-8-16-13(11)20-3/h8-9H,4-7H2,1-3H3. The second-order valence-corrected chi connectivity index (χ2v) is 5.07. The second kappa shape index (κ2) is 6.85. The number of hydrogen-bond acceptors (Lipinski definition) is 5. The van der Waals surface area contributed by atoms with E-state index in [9.17, 15) is 0 Å². The van der Waals surface area contributed by atoms with Crippen LogP contribution in [-0.2, 0) is 17.7 Å². The lowest BCUT2D eigenvalue weighted by Crippen LogP contribution is -2.15. The van der Waals surface area contributed by atoms with Gasteiger partial charge in [-0.1, -0.05) is 6.92 Å². The highest BCUT2D eigenvalue weighted by Gasteiger charge is 2.17. The summed E-state index contributed by atoms with van der Waals surface area (Å²) in [7, 11) is 3.28. The van der Waals surface area contributed by atoms with Crippen molar-refractivity contribution < 1.29 is 9.47 Å². The van der Waals surface area contributed by atoms with E-state index >= 15 is 0 Å². The molecule has 0 aliphatic carbocycles.